The van der Waals surface area contributed by atoms with Gasteiger partial charge in [0.25, 0.3) is 11.8 Å². The molecule has 154 valence electrons. The van der Waals surface area contributed by atoms with Gasteiger partial charge in [-0.1, -0.05) is 30.3 Å². The minimum Gasteiger partial charge on any atom is -0.546 e. The minimum absolute atomic E-state index is 0.0241. The Morgan fingerprint density at radius 3 is 2.50 bits per heavy atom. The predicted molar refractivity (Wildman–Crippen MR) is 100 cm³/mol. The van der Waals surface area contributed by atoms with Gasteiger partial charge in [0.05, 0.1) is 5.97 Å². The highest BCUT2D eigenvalue weighted by atomic mass is 19.1. The van der Waals surface area contributed by atoms with Crippen LogP contribution in [0.3, 0.4) is 0 Å². The van der Waals surface area contributed by atoms with Crippen molar-refractivity contribution in [2.75, 3.05) is 13.2 Å². The molecule has 9 heteroatoms. The predicted octanol–water partition coefficient (Wildman–Crippen LogP) is 0.659. The number of para-hydroxylation sites is 1. The number of carboxylic acids is 1. The van der Waals surface area contributed by atoms with Gasteiger partial charge in [0.1, 0.15) is 23.7 Å². The number of rotatable bonds is 7. The van der Waals surface area contributed by atoms with E-state index in [0.29, 0.717) is 5.56 Å². The van der Waals surface area contributed by atoms with E-state index in [4.69, 9.17) is 4.74 Å². The van der Waals surface area contributed by atoms with Gasteiger partial charge < -0.3 is 14.6 Å². The molecule has 0 unspecified atom stereocenters. The molecule has 4 amide bonds. The van der Waals surface area contributed by atoms with E-state index in [9.17, 15) is 28.7 Å². The number of hydrogen-bond acceptors (Lipinski definition) is 6. The number of halogens is 1. The second-order valence-electron chi connectivity index (χ2n) is 6.35. The van der Waals surface area contributed by atoms with Gasteiger partial charge in [-0.15, -0.1) is 0 Å². The zero-order valence-electron chi connectivity index (χ0n) is 15.6. The number of benzene rings is 2. The Morgan fingerprint density at radius 1 is 1.10 bits per heavy atom. The van der Waals surface area contributed by atoms with E-state index in [1.165, 1.54) is 42.5 Å². The second kappa shape index (κ2) is 8.99. The molecule has 0 atom stereocenters. The van der Waals surface area contributed by atoms with Crippen molar-refractivity contribution in [1.82, 2.24) is 10.2 Å². The summed E-state index contributed by atoms with van der Waals surface area (Å²) >= 11 is 0. The zero-order valence-corrected chi connectivity index (χ0v) is 15.6. The first-order valence-corrected chi connectivity index (χ1v) is 8.90. The van der Waals surface area contributed by atoms with Crippen LogP contribution in [0.5, 0.6) is 5.75 Å². The fraction of sp³-hybridized carbons (Fsp3) is 0.143. The molecule has 1 aliphatic heterocycles. The SMILES string of the molecule is O=C([O-])COc1ccccc1/C=C1/C(=O)NC(=O)N(CCc2ccc(F)cc2)C1=O. The Bertz CT molecular complexity index is 1030. The van der Waals surface area contributed by atoms with Crippen molar-refractivity contribution in [1.29, 1.82) is 0 Å². The Balaban J connectivity index is 1.82. The van der Waals surface area contributed by atoms with Gasteiger partial charge in [-0.25, -0.2) is 9.18 Å². The number of nitrogens with one attached hydrogen (secondary N) is 1. The fourth-order valence-corrected chi connectivity index (χ4v) is 2.81. The van der Waals surface area contributed by atoms with E-state index in [1.807, 2.05) is 0 Å². The molecule has 8 nitrogen and oxygen atoms in total. The van der Waals surface area contributed by atoms with Gasteiger partial charge in [0.15, 0.2) is 0 Å². The molecular formula is C21H16FN2O6-. The third-order valence-electron chi connectivity index (χ3n) is 4.29. The Morgan fingerprint density at radius 2 is 1.80 bits per heavy atom. The van der Waals surface area contributed by atoms with E-state index in [0.717, 1.165) is 4.90 Å². The first-order chi connectivity index (χ1) is 14.3. The average molecular weight is 411 g/mol. The monoisotopic (exact) mass is 411 g/mol. The van der Waals surface area contributed by atoms with E-state index in [2.05, 4.69) is 5.32 Å². The molecule has 1 heterocycles. The van der Waals surface area contributed by atoms with E-state index < -0.39 is 36.2 Å². The van der Waals surface area contributed by atoms with Gasteiger partial charge >= 0.3 is 6.03 Å². The zero-order chi connectivity index (χ0) is 21.7. The molecule has 2 aromatic carbocycles. The third kappa shape index (κ3) is 4.88. The topological polar surface area (TPSA) is 116 Å². The van der Waals surface area contributed by atoms with Crippen molar-refractivity contribution >= 4 is 29.9 Å². The number of amides is 4. The van der Waals surface area contributed by atoms with Crippen molar-refractivity contribution in [3.05, 3.63) is 71.0 Å². The number of urea groups is 1. The highest BCUT2D eigenvalue weighted by molar-refractivity contribution is 6.31. The van der Waals surface area contributed by atoms with Crippen molar-refractivity contribution in [3.63, 3.8) is 0 Å². The van der Waals surface area contributed by atoms with Gasteiger partial charge in [-0.2, -0.15) is 0 Å². The number of ether oxygens (including phenoxy) is 1. The summed E-state index contributed by atoms with van der Waals surface area (Å²) in [7, 11) is 0. The molecule has 1 aliphatic rings. The molecule has 1 N–H and O–H groups in total. The maximum Gasteiger partial charge on any atom is 0.331 e. The summed E-state index contributed by atoms with van der Waals surface area (Å²) in [5.41, 5.74) is 0.684. The lowest BCUT2D eigenvalue weighted by atomic mass is 10.1. The van der Waals surface area contributed by atoms with Crippen LogP contribution in [-0.4, -0.2) is 41.9 Å². The van der Waals surface area contributed by atoms with Crippen LogP contribution in [0.25, 0.3) is 6.08 Å². The van der Waals surface area contributed by atoms with Crippen LogP contribution in [0.4, 0.5) is 9.18 Å². The smallest absolute Gasteiger partial charge is 0.331 e. The summed E-state index contributed by atoms with van der Waals surface area (Å²) in [6, 6.07) is 11.0. The number of carbonyl (C=O) groups excluding carboxylic acids is 4. The van der Waals surface area contributed by atoms with Gasteiger partial charge in [0, 0.05) is 12.1 Å². The second-order valence-corrected chi connectivity index (χ2v) is 6.35. The fourth-order valence-electron chi connectivity index (χ4n) is 2.81. The van der Waals surface area contributed by atoms with Crippen LogP contribution < -0.4 is 15.2 Å². The number of carboxylic acid groups (broad SMARTS) is 1. The summed E-state index contributed by atoms with van der Waals surface area (Å²) in [4.78, 5) is 48.6. The number of aliphatic carboxylic acids is 1. The Kier molecular flexibility index (Phi) is 6.21. The summed E-state index contributed by atoms with van der Waals surface area (Å²) < 4.78 is 18.1. The molecule has 0 radical (unpaired) electrons. The molecule has 0 spiro atoms. The van der Waals surface area contributed by atoms with Crippen LogP contribution in [0.2, 0.25) is 0 Å². The van der Waals surface area contributed by atoms with E-state index in [1.54, 1.807) is 12.1 Å². The van der Waals surface area contributed by atoms with E-state index >= 15 is 0 Å². The highest BCUT2D eigenvalue weighted by Gasteiger charge is 2.35. The van der Waals surface area contributed by atoms with Crippen LogP contribution in [0.15, 0.2) is 54.1 Å². The lowest BCUT2D eigenvalue weighted by molar-refractivity contribution is -0.307. The standard InChI is InChI=1S/C21H17FN2O6/c22-15-7-5-13(6-8-15)9-10-24-20(28)16(19(27)23-21(24)29)11-14-3-1-2-4-17(14)30-12-18(25)26/h1-8,11H,9-10,12H2,(H,25,26)(H,23,27,29)/p-1/b16-11-. The molecule has 30 heavy (non-hydrogen) atoms. The molecule has 3 rings (SSSR count). The molecule has 2 aromatic rings. The van der Waals surface area contributed by atoms with Crippen molar-refractivity contribution in [3.8, 4) is 5.75 Å². The minimum atomic E-state index is -1.43. The molecular weight excluding hydrogens is 395 g/mol. The lowest BCUT2D eigenvalue weighted by Crippen LogP contribution is -2.54. The highest BCUT2D eigenvalue weighted by Crippen LogP contribution is 2.23. The molecule has 0 bridgehead atoms. The van der Waals surface area contributed by atoms with Crippen molar-refractivity contribution in [2.45, 2.75) is 6.42 Å². The summed E-state index contributed by atoms with van der Waals surface area (Å²) in [6.45, 7) is -0.730. The maximum atomic E-state index is 13.0. The third-order valence-corrected chi connectivity index (χ3v) is 4.29. The van der Waals surface area contributed by atoms with Crippen molar-refractivity contribution < 1.29 is 33.4 Å². The van der Waals surface area contributed by atoms with Crippen LogP contribution >= 0.6 is 0 Å². The van der Waals surface area contributed by atoms with Crippen LogP contribution in [-0.2, 0) is 20.8 Å². The summed E-state index contributed by atoms with van der Waals surface area (Å²) in [5, 5.41) is 12.7. The first-order valence-electron chi connectivity index (χ1n) is 8.90. The molecule has 0 saturated carbocycles. The van der Waals surface area contributed by atoms with Gasteiger partial charge in [-0.3, -0.25) is 19.8 Å². The summed E-state index contributed by atoms with van der Waals surface area (Å²) in [5.74, 6) is -3.38. The molecule has 1 fully saturated rings. The molecule has 1 saturated heterocycles. The number of imide groups is 2. The number of carbonyl (C=O) groups is 4. The maximum absolute atomic E-state index is 13.0. The molecule has 0 aliphatic carbocycles. The summed E-state index contributed by atoms with van der Waals surface area (Å²) in [6.07, 6.45) is 1.49. The Labute approximate surface area is 170 Å². The lowest BCUT2D eigenvalue weighted by Gasteiger charge is -2.26. The average Bonchev–Trinajstić information content (AvgIpc) is 2.71. The number of barbiturate groups is 1. The van der Waals surface area contributed by atoms with Crippen LogP contribution in [0.1, 0.15) is 11.1 Å². The van der Waals surface area contributed by atoms with E-state index in [-0.39, 0.29) is 29.9 Å². The Hall–Kier alpha value is -4.01. The quantitative estimate of drug-likeness (QED) is 0.529. The van der Waals surface area contributed by atoms with Crippen LogP contribution in [0, 0.1) is 5.82 Å². The number of nitrogens with zero attached hydrogens (tertiary/aromatic N) is 1. The van der Waals surface area contributed by atoms with Crippen molar-refractivity contribution in [2.24, 2.45) is 0 Å². The van der Waals surface area contributed by atoms with Gasteiger partial charge in [0.2, 0.25) is 0 Å². The normalized spacial score (nSPS) is 15.3. The number of hydrogen-bond donors (Lipinski definition) is 1. The molecule has 0 aromatic heterocycles. The van der Waals surface area contributed by atoms with Gasteiger partial charge in [-0.05, 0) is 36.3 Å². The first kappa shape index (κ1) is 20.7. The largest absolute Gasteiger partial charge is 0.546 e.